The number of ether oxygens (including phenoxy) is 2. The molecule has 0 radical (unpaired) electrons. The van der Waals surface area contributed by atoms with Crippen LogP contribution in [0.15, 0.2) is 51.7 Å². The largest absolute Gasteiger partial charge is 0.504 e. The Morgan fingerprint density at radius 2 is 1.88 bits per heavy atom. The third-order valence-corrected chi connectivity index (χ3v) is 3.78. The first kappa shape index (κ1) is 17.7. The highest BCUT2D eigenvalue weighted by atomic mass is 79.9. The van der Waals surface area contributed by atoms with E-state index in [1.165, 1.54) is 31.4 Å². The van der Waals surface area contributed by atoms with Crippen LogP contribution in [0, 0.1) is 0 Å². The number of benzene rings is 1. The van der Waals surface area contributed by atoms with Gasteiger partial charge in [0.25, 0.3) is 0 Å². The van der Waals surface area contributed by atoms with E-state index in [2.05, 4.69) is 15.9 Å². The average Bonchev–Trinajstić information content (AvgIpc) is 2.72. The van der Waals surface area contributed by atoms with Crippen molar-refractivity contribution in [3.05, 3.63) is 68.3 Å². The van der Waals surface area contributed by atoms with Gasteiger partial charge >= 0.3 is 0 Å². The van der Waals surface area contributed by atoms with E-state index in [4.69, 9.17) is 9.47 Å². The molecule has 0 saturated heterocycles. The first-order valence-electron chi connectivity index (χ1n) is 6.93. The Kier molecular flexibility index (Phi) is 5.76. The topological polar surface area (TPSA) is 72.8 Å². The molecule has 0 spiro atoms. The van der Waals surface area contributed by atoms with E-state index in [1.807, 2.05) is 0 Å². The molecule has 5 nitrogen and oxygen atoms in total. The van der Waals surface area contributed by atoms with Gasteiger partial charge in [0.05, 0.1) is 19.8 Å². The summed E-state index contributed by atoms with van der Waals surface area (Å²) in [6, 6.07) is 9.22. The number of methoxy groups -OCH3 is 2. The van der Waals surface area contributed by atoms with Gasteiger partial charge in [0.1, 0.15) is 11.5 Å². The molecule has 0 aliphatic rings. The van der Waals surface area contributed by atoms with E-state index in [0.717, 1.165) is 0 Å². The molecular formula is C18H15BrO5. The summed E-state index contributed by atoms with van der Waals surface area (Å²) in [6.07, 6.45) is 2.82. The van der Waals surface area contributed by atoms with E-state index >= 15 is 0 Å². The maximum Gasteiger partial charge on any atom is 0.220 e. The zero-order chi connectivity index (χ0) is 17.7. The van der Waals surface area contributed by atoms with E-state index < -0.39 is 17.0 Å². The predicted octanol–water partition coefficient (Wildman–Crippen LogP) is 3.43. The summed E-state index contributed by atoms with van der Waals surface area (Å²) in [5, 5.41) is 9.89. The van der Waals surface area contributed by atoms with Gasteiger partial charge in [-0.25, -0.2) is 0 Å². The minimum Gasteiger partial charge on any atom is -0.504 e. The first-order chi connectivity index (χ1) is 11.5. The number of halogens is 1. The summed E-state index contributed by atoms with van der Waals surface area (Å²) in [4.78, 5) is 24.0. The molecule has 0 atom stereocenters. The van der Waals surface area contributed by atoms with Gasteiger partial charge in [-0.3, -0.25) is 9.59 Å². The van der Waals surface area contributed by atoms with Crippen molar-refractivity contribution in [2.75, 3.05) is 14.2 Å². The average molecular weight is 391 g/mol. The second-order valence-electron chi connectivity index (χ2n) is 4.79. The molecule has 0 fully saturated rings. The van der Waals surface area contributed by atoms with Gasteiger partial charge in [0.2, 0.25) is 5.43 Å². The Balaban J connectivity index is 2.39. The number of carbonyl (C=O) groups excluding carboxylic acids is 1. The van der Waals surface area contributed by atoms with E-state index in [0.29, 0.717) is 21.5 Å². The Hall–Kier alpha value is -2.60. The predicted molar refractivity (Wildman–Crippen MR) is 95.0 cm³/mol. The Morgan fingerprint density at radius 1 is 1.12 bits per heavy atom. The summed E-state index contributed by atoms with van der Waals surface area (Å²) >= 11 is 3.20. The molecule has 0 aliphatic heterocycles. The molecule has 0 bridgehead atoms. The van der Waals surface area contributed by atoms with Gasteiger partial charge in [-0.15, -0.1) is 0 Å². The molecule has 2 rings (SSSR count). The number of rotatable bonds is 5. The lowest BCUT2D eigenvalue weighted by Gasteiger charge is -2.07. The SMILES string of the molecule is COc1ccc(/C=C\C(=O)c2cc(Br)ccc(=O)c2O)c(OC)c1. The van der Waals surface area contributed by atoms with Crippen LogP contribution in [0.3, 0.4) is 0 Å². The fourth-order valence-corrected chi connectivity index (χ4v) is 2.38. The molecule has 0 aliphatic carbocycles. The number of aromatic hydroxyl groups is 1. The van der Waals surface area contributed by atoms with Crippen molar-refractivity contribution in [2.45, 2.75) is 0 Å². The fraction of sp³-hybridized carbons (Fsp3) is 0.111. The third kappa shape index (κ3) is 4.02. The summed E-state index contributed by atoms with van der Waals surface area (Å²) in [7, 11) is 3.06. The second kappa shape index (κ2) is 7.79. The van der Waals surface area contributed by atoms with Crippen molar-refractivity contribution in [3.63, 3.8) is 0 Å². The van der Waals surface area contributed by atoms with Crippen molar-refractivity contribution in [3.8, 4) is 17.2 Å². The monoisotopic (exact) mass is 390 g/mol. The van der Waals surface area contributed by atoms with Crippen LogP contribution in [0.4, 0.5) is 0 Å². The lowest BCUT2D eigenvalue weighted by Crippen LogP contribution is -2.01. The minimum atomic E-state index is -0.625. The Morgan fingerprint density at radius 3 is 2.54 bits per heavy atom. The highest BCUT2D eigenvalue weighted by molar-refractivity contribution is 9.10. The van der Waals surface area contributed by atoms with Gasteiger partial charge in [-0.05, 0) is 42.5 Å². The highest BCUT2D eigenvalue weighted by Gasteiger charge is 2.11. The molecule has 24 heavy (non-hydrogen) atoms. The minimum absolute atomic E-state index is 0.0828. The maximum absolute atomic E-state index is 12.3. The summed E-state index contributed by atoms with van der Waals surface area (Å²) in [5.74, 6) is 0.0753. The molecule has 2 aromatic carbocycles. The summed E-state index contributed by atoms with van der Waals surface area (Å²) < 4.78 is 10.9. The molecule has 0 amide bonds. The molecule has 0 unspecified atom stereocenters. The van der Waals surface area contributed by atoms with Crippen LogP contribution in [-0.2, 0) is 0 Å². The van der Waals surface area contributed by atoms with Crippen molar-refractivity contribution in [2.24, 2.45) is 0 Å². The molecule has 124 valence electrons. The molecule has 0 saturated carbocycles. The van der Waals surface area contributed by atoms with Crippen LogP contribution < -0.4 is 14.9 Å². The van der Waals surface area contributed by atoms with Crippen LogP contribution in [0.1, 0.15) is 15.9 Å². The normalized spacial score (nSPS) is 10.6. The lowest BCUT2D eigenvalue weighted by molar-refractivity contribution is 0.104. The molecule has 2 aromatic rings. The molecule has 6 heteroatoms. The van der Waals surface area contributed by atoms with Crippen LogP contribution in [0.5, 0.6) is 17.2 Å². The quantitative estimate of drug-likeness (QED) is 0.625. The smallest absolute Gasteiger partial charge is 0.220 e. The van der Waals surface area contributed by atoms with Crippen molar-refractivity contribution in [1.82, 2.24) is 0 Å². The second-order valence-corrected chi connectivity index (χ2v) is 5.71. The van der Waals surface area contributed by atoms with Crippen LogP contribution in [0.25, 0.3) is 6.08 Å². The number of ketones is 1. The Bertz CT molecular complexity index is 858. The summed E-state index contributed by atoms with van der Waals surface area (Å²) in [5.41, 5.74) is -0.0482. The lowest BCUT2D eigenvalue weighted by atomic mass is 10.1. The fourth-order valence-electron chi connectivity index (χ4n) is 2.02. The number of allylic oxidation sites excluding steroid dienone is 1. The van der Waals surface area contributed by atoms with Crippen LogP contribution >= 0.6 is 15.9 Å². The van der Waals surface area contributed by atoms with Gasteiger partial charge < -0.3 is 14.6 Å². The third-order valence-electron chi connectivity index (χ3n) is 3.29. The maximum atomic E-state index is 12.3. The number of carbonyl (C=O) groups is 1. The number of hydrogen-bond donors (Lipinski definition) is 1. The van der Waals surface area contributed by atoms with Gasteiger partial charge in [0.15, 0.2) is 11.5 Å². The summed E-state index contributed by atoms with van der Waals surface area (Å²) in [6.45, 7) is 0. The van der Waals surface area contributed by atoms with E-state index in [-0.39, 0.29) is 5.56 Å². The van der Waals surface area contributed by atoms with Crippen molar-refractivity contribution in [1.29, 1.82) is 0 Å². The zero-order valence-electron chi connectivity index (χ0n) is 13.1. The molecule has 1 N–H and O–H groups in total. The first-order valence-corrected chi connectivity index (χ1v) is 7.73. The van der Waals surface area contributed by atoms with E-state index in [9.17, 15) is 14.7 Å². The van der Waals surface area contributed by atoms with Crippen molar-refractivity contribution < 1.29 is 19.4 Å². The standard InChI is InChI=1S/C18H15BrO5/c1-23-13-6-3-11(17(10-13)24-2)4-7-15(20)14-9-12(19)5-8-16(21)18(14)22/h3-10H,1-2H3,(H,21,22)/b7-4-. The Labute approximate surface area is 147 Å². The van der Waals surface area contributed by atoms with Gasteiger partial charge in [0, 0.05) is 16.1 Å². The van der Waals surface area contributed by atoms with Gasteiger partial charge in [-0.1, -0.05) is 15.9 Å². The van der Waals surface area contributed by atoms with Gasteiger partial charge in [-0.2, -0.15) is 0 Å². The molecular weight excluding hydrogens is 376 g/mol. The highest BCUT2D eigenvalue weighted by Crippen LogP contribution is 2.26. The van der Waals surface area contributed by atoms with Crippen LogP contribution in [0.2, 0.25) is 0 Å². The molecule has 0 aromatic heterocycles. The number of hydrogen-bond acceptors (Lipinski definition) is 5. The zero-order valence-corrected chi connectivity index (χ0v) is 14.7. The molecule has 0 heterocycles. The van der Waals surface area contributed by atoms with Crippen molar-refractivity contribution >= 4 is 27.8 Å². The van der Waals surface area contributed by atoms with E-state index in [1.54, 1.807) is 31.4 Å². The van der Waals surface area contributed by atoms with Crippen LogP contribution in [-0.4, -0.2) is 25.1 Å².